The number of oxime groups is 1. The Kier molecular flexibility index (Phi) is 4.99. The SMILES string of the molecule is Cc1cc(C2=NOC(c3cc(Cl)cc(Cl)c3)(C(F)(F)Cl)C2)ccc1C=O. The van der Waals surface area contributed by atoms with E-state index in [2.05, 4.69) is 5.16 Å². The monoisotopic (exact) mass is 417 g/mol. The molecule has 0 N–H and O–H groups in total. The first-order chi connectivity index (χ1) is 12.2. The van der Waals surface area contributed by atoms with Gasteiger partial charge in [0.05, 0.1) is 5.71 Å². The normalized spacial score (nSPS) is 19.8. The maximum absolute atomic E-state index is 14.4. The molecule has 0 fully saturated rings. The van der Waals surface area contributed by atoms with Crippen LogP contribution in [0.2, 0.25) is 10.0 Å². The third-order valence-electron chi connectivity index (χ3n) is 4.24. The van der Waals surface area contributed by atoms with Crippen molar-refractivity contribution in [3.63, 3.8) is 0 Å². The lowest BCUT2D eigenvalue weighted by Gasteiger charge is -2.31. The summed E-state index contributed by atoms with van der Waals surface area (Å²) in [5.74, 6) is 0. The van der Waals surface area contributed by atoms with Gasteiger partial charge in [-0.3, -0.25) is 4.79 Å². The van der Waals surface area contributed by atoms with Crippen LogP contribution in [-0.2, 0) is 10.4 Å². The zero-order valence-corrected chi connectivity index (χ0v) is 15.7. The van der Waals surface area contributed by atoms with Gasteiger partial charge in [0, 0.05) is 27.6 Å². The lowest BCUT2D eigenvalue weighted by atomic mass is 9.87. The fraction of sp³-hybridized carbons (Fsp3) is 0.222. The van der Waals surface area contributed by atoms with Crippen LogP contribution in [0, 0.1) is 6.92 Å². The van der Waals surface area contributed by atoms with E-state index in [-0.39, 0.29) is 27.7 Å². The molecule has 0 saturated heterocycles. The summed E-state index contributed by atoms with van der Waals surface area (Å²) in [6.07, 6.45) is 0.428. The molecule has 0 amide bonds. The molecule has 0 saturated carbocycles. The molecule has 2 aromatic carbocycles. The van der Waals surface area contributed by atoms with Crippen molar-refractivity contribution in [3.8, 4) is 0 Å². The van der Waals surface area contributed by atoms with Gasteiger partial charge in [0.15, 0.2) is 0 Å². The lowest BCUT2D eigenvalue weighted by molar-refractivity contribution is -0.155. The number of rotatable bonds is 4. The molecule has 0 radical (unpaired) electrons. The predicted octanol–water partition coefficient (Wildman–Crippen LogP) is 5.97. The Morgan fingerprint density at radius 2 is 1.85 bits per heavy atom. The number of alkyl halides is 3. The van der Waals surface area contributed by atoms with Crippen LogP contribution in [0.1, 0.15) is 33.5 Å². The van der Waals surface area contributed by atoms with Gasteiger partial charge in [0.1, 0.15) is 6.29 Å². The number of carbonyl (C=O) groups excluding carboxylic acids is 1. The average molecular weight is 419 g/mol. The van der Waals surface area contributed by atoms with Crippen molar-refractivity contribution in [1.82, 2.24) is 0 Å². The van der Waals surface area contributed by atoms with E-state index < -0.39 is 11.0 Å². The first-order valence-electron chi connectivity index (χ1n) is 7.51. The van der Waals surface area contributed by atoms with Crippen LogP contribution in [0.4, 0.5) is 8.78 Å². The highest BCUT2D eigenvalue weighted by atomic mass is 35.5. The molecule has 1 aliphatic heterocycles. The van der Waals surface area contributed by atoms with Crippen molar-refractivity contribution in [2.75, 3.05) is 0 Å². The smallest absolute Gasteiger partial charge is 0.367 e. The summed E-state index contributed by atoms with van der Waals surface area (Å²) in [6.45, 7) is 1.74. The second kappa shape index (κ2) is 6.80. The molecule has 2 aromatic rings. The van der Waals surface area contributed by atoms with Crippen LogP contribution in [0.3, 0.4) is 0 Å². The number of aldehydes is 1. The second-order valence-corrected chi connectivity index (χ2v) is 7.33. The van der Waals surface area contributed by atoms with Crippen LogP contribution in [-0.4, -0.2) is 17.4 Å². The van der Waals surface area contributed by atoms with E-state index in [0.29, 0.717) is 16.7 Å². The van der Waals surface area contributed by atoms with Gasteiger partial charge >= 0.3 is 5.38 Å². The zero-order valence-electron chi connectivity index (χ0n) is 13.4. The summed E-state index contributed by atoms with van der Waals surface area (Å²) in [4.78, 5) is 16.1. The zero-order chi connectivity index (χ0) is 19.1. The highest BCUT2D eigenvalue weighted by Gasteiger charge is 2.60. The second-order valence-electron chi connectivity index (χ2n) is 5.98. The highest BCUT2D eigenvalue weighted by molar-refractivity contribution is 6.34. The maximum atomic E-state index is 14.4. The summed E-state index contributed by atoms with van der Waals surface area (Å²) < 4.78 is 28.7. The topological polar surface area (TPSA) is 38.7 Å². The summed E-state index contributed by atoms with van der Waals surface area (Å²) in [7, 11) is 0. The molecule has 0 aliphatic carbocycles. The van der Waals surface area contributed by atoms with Crippen molar-refractivity contribution in [1.29, 1.82) is 0 Å². The van der Waals surface area contributed by atoms with Crippen molar-refractivity contribution in [2.24, 2.45) is 5.16 Å². The Balaban J connectivity index is 2.03. The highest BCUT2D eigenvalue weighted by Crippen LogP contribution is 2.51. The lowest BCUT2D eigenvalue weighted by Crippen LogP contribution is -2.42. The Morgan fingerprint density at radius 1 is 1.19 bits per heavy atom. The number of halogens is 5. The van der Waals surface area contributed by atoms with Crippen molar-refractivity contribution in [2.45, 2.75) is 24.3 Å². The molecule has 136 valence electrons. The van der Waals surface area contributed by atoms with E-state index in [1.54, 1.807) is 25.1 Å². The van der Waals surface area contributed by atoms with E-state index in [0.717, 1.165) is 6.29 Å². The first-order valence-corrected chi connectivity index (χ1v) is 8.64. The van der Waals surface area contributed by atoms with Crippen molar-refractivity contribution >= 4 is 46.8 Å². The van der Waals surface area contributed by atoms with E-state index in [1.165, 1.54) is 18.2 Å². The number of aryl methyl sites for hydroxylation is 1. The van der Waals surface area contributed by atoms with Gasteiger partial charge < -0.3 is 4.84 Å². The fourth-order valence-corrected chi connectivity index (χ4v) is 3.57. The summed E-state index contributed by atoms with van der Waals surface area (Å²) in [5.41, 5.74) is -0.179. The number of hydrogen-bond donors (Lipinski definition) is 0. The number of benzene rings is 2. The molecule has 1 heterocycles. The van der Waals surface area contributed by atoms with Gasteiger partial charge in [-0.15, -0.1) is 0 Å². The predicted molar refractivity (Wildman–Crippen MR) is 97.7 cm³/mol. The molecule has 26 heavy (non-hydrogen) atoms. The third-order valence-corrected chi connectivity index (χ3v) is 4.99. The minimum absolute atomic E-state index is 0.0231. The Bertz CT molecular complexity index is 892. The molecule has 3 nitrogen and oxygen atoms in total. The molecule has 1 atom stereocenters. The summed E-state index contributed by atoms with van der Waals surface area (Å²) in [6, 6.07) is 8.96. The van der Waals surface area contributed by atoms with Crippen LogP contribution in [0.15, 0.2) is 41.6 Å². The molecule has 8 heteroatoms. The maximum Gasteiger partial charge on any atom is 0.367 e. The average Bonchev–Trinajstić information content (AvgIpc) is 3.00. The molecule has 1 aliphatic rings. The van der Waals surface area contributed by atoms with Crippen LogP contribution in [0.25, 0.3) is 0 Å². The van der Waals surface area contributed by atoms with Crippen LogP contribution < -0.4 is 0 Å². The Morgan fingerprint density at radius 3 is 2.38 bits per heavy atom. The molecule has 3 rings (SSSR count). The molecule has 1 unspecified atom stereocenters. The molecule has 0 bridgehead atoms. The number of carbonyl (C=O) groups is 1. The standard InChI is InChI=1S/C18H12Cl3F2NO2/c1-10-4-11(2-3-12(10)9-25)16-8-17(26-24-16,18(21,22)23)13-5-14(19)7-15(20)6-13/h2-7,9H,8H2,1H3. The van der Waals surface area contributed by atoms with Crippen LogP contribution in [0.5, 0.6) is 0 Å². The largest absolute Gasteiger partial charge is 0.376 e. The van der Waals surface area contributed by atoms with Gasteiger partial charge in [0.2, 0.25) is 5.60 Å². The third kappa shape index (κ3) is 3.31. The van der Waals surface area contributed by atoms with Crippen molar-refractivity contribution in [3.05, 3.63) is 68.7 Å². The fourth-order valence-electron chi connectivity index (χ4n) is 2.83. The molecule has 0 spiro atoms. The molecular formula is C18H12Cl3F2NO2. The Labute approximate surface area is 163 Å². The van der Waals surface area contributed by atoms with E-state index >= 15 is 0 Å². The quantitative estimate of drug-likeness (QED) is 0.453. The first kappa shape index (κ1) is 19.1. The minimum Gasteiger partial charge on any atom is -0.376 e. The summed E-state index contributed by atoms with van der Waals surface area (Å²) in [5, 5.41) is 0.416. The van der Waals surface area contributed by atoms with Gasteiger partial charge in [-0.25, -0.2) is 0 Å². The van der Waals surface area contributed by atoms with E-state index in [9.17, 15) is 13.6 Å². The van der Waals surface area contributed by atoms with Gasteiger partial charge in [0.25, 0.3) is 0 Å². The molecular weight excluding hydrogens is 407 g/mol. The summed E-state index contributed by atoms with van der Waals surface area (Å²) >= 11 is 17.3. The van der Waals surface area contributed by atoms with Gasteiger partial charge in [-0.1, -0.05) is 40.5 Å². The van der Waals surface area contributed by atoms with E-state index in [4.69, 9.17) is 39.6 Å². The van der Waals surface area contributed by atoms with Gasteiger partial charge in [-0.05, 0) is 53.9 Å². The van der Waals surface area contributed by atoms with E-state index in [1.807, 2.05) is 0 Å². The molecule has 0 aromatic heterocycles. The van der Waals surface area contributed by atoms with Crippen molar-refractivity contribution < 1.29 is 18.4 Å². The number of nitrogens with zero attached hydrogens (tertiary/aromatic N) is 1. The number of hydrogen-bond acceptors (Lipinski definition) is 3. The van der Waals surface area contributed by atoms with Crippen LogP contribution >= 0.6 is 34.8 Å². The Hall–Kier alpha value is -1.69. The van der Waals surface area contributed by atoms with Gasteiger partial charge in [-0.2, -0.15) is 8.78 Å². The minimum atomic E-state index is -3.77.